The Bertz CT molecular complexity index is 1530. The summed E-state index contributed by atoms with van der Waals surface area (Å²) in [5.74, 6) is -0.909. The summed E-state index contributed by atoms with van der Waals surface area (Å²) in [4.78, 5) is 39.7. The molecular formula is C33H31N3O3S. The monoisotopic (exact) mass is 549 g/mol. The summed E-state index contributed by atoms with van der Waals surface area (Å²) in [6.45, 7) is 5.77. The predicted octanol–water partition coefficient (Wildman–Crippen LogP) is 6.83. The van der Waals surface area contributed by atoms with Crippen molar-refractivity contribution in [2.45, 2.75) is 30.9 Å². The van der Waals surface area contributed by atoms with Gasteiger partial charge in [-0.15, -0.1) is 11.8 Å². The summed E-state index contributed by atoms with van der Waals surface area (Å²) in [6.07, 6.45) is 1.65. The first kappa shape index (κ1) is 28.4. The van der Waals surface area contributed by atoms with Crippen molar-refractivity contribution < 1.29 is 14.4 Å². The Morgan fingerprint density at radius 2 is 1.48 bits per heavy atom. The fraction of sp³-hybridized carbons (Fsp3) is 0.121. The van der Waals surface area contributed by atoms with E-state index in [4.69, 9.17) is 0 Å². The SMILES string of the molecule is Cc1cccc(/C=C(\NC(=O)c2ccccc2)C(=O)Nc2ccc(SC(C)C(=O)Nc3ccccc3C)cc2)c1. The van der Waals surface area contributed by atoms with Gasteiger partial charge >= 0.3 is 0 Å². The van der Waals surface area contributed by atoms with E-state index in [0.717, 1.165) is 27.3 Å². The topological polar surface area (TPSA) is 87.3 Å². The van der Waals surface area contributed by atoms with Crippen molar-refractivity contribution in [1.29, 1.82) is 0 Å². The van der Waals surface area contributed by atoms with Crippen molar-refractivity contribution in [1.82, 2.24) is 5.32 Å². The molecule has 3 amide bonds. The molecule has 4 aromatic carbocycles. The third-order valence-electron chi connectivity index (χ3n) is 6.08. The van der Waals surface area contributed by atoms with Crippen LogP contribution in [0.5, 0.6) is 0 Å². The first-order chi connectivity index (χ1) is 19.3. The van der Waals surface area contributed by atoms with Crippen LogP contribution in [0, 0.1) is 13.8 Å². The van der Waals surface area contributed by atoms with Crippen molar-refractivity contribution in [2.24, 2.45) is 0 Å². The Kier molecular flexibility index (Phi) is 9.54. The molecule has 7 heteroatoms. The largest absolute Gasteiger partial charge is 0.325 e. The minimum absolute atomic E-state index is 0.0863. The van der Waals surface area contributed by atoms with Gasteiger partial charge < -0.3 is 16.0 Å². The molecule has 3 N–H and O–H groups in total. The quantitative estimate of drug-likeness (QED) is 0.158. The molecule has 6 nitrogen and oxygen atoms in total. The van der Waals surface area contributed by atoms with Gasteiger partial charge in [0.05, 0.1) is 5.25 Å². The summed E-state index contributed by atoms with van der Waals surface area (Å²) in [6, 6.07) is 31.3. The molecule has 0 spiro atoms. The van der Waals surface area contributed by atoms with E-state index in [0.29, 0.717) is 11.3 Å². The van der Waals surface area contributed by atoms with Gasteiger partial charge in [0.2, 0.25) is 5.91 Å². The highest BCUT2D eigenvalue weighted by Crippen LogP contribution is 2.26. The smallest absolute Gasteiger partial charge is 0.272 e. The number of rotatable bonds is 9. The van der Waals surface area contributed by atoms with Crippen LogP contribution in [-0.2, 0) is 9.59 Å². The molecular weight excluding hydrogens is 518 g/mol. The van der Waals surface area contributed by atoms with Crippen LogP contribution >= 0.6 is 11.8 Å². The summed E-state index contributed by atoms with van der Waals surface area (Å²) < 4.78 is 0. The third kappa shape index (κ3) is 7.94. The zero-order valence-electron chi connectivity index (χ0n) is 22.6. The number of thioether (sulfide) groups is 1. The second-order valence-corrected chi connectivity index (χ2v) is 10.7. The molecule has 0 aromatic heterocycles. The molecule has 1 atom stereocenters. The maximum atomic E-state index is 13.3. The van der Waals surface area contributed by atoms with E-state index in [9.17, 15) is 14.4 Å². The van der Waals surface area contributed by atoms with Gasteiger partial charge in [0.25, 0.3) is 11.8 Å². The van der Waals surface area contributed by atoms with Crippen LogP contribution in [0.2, 0.25) is 0 Å². The Morgan fingerprint density at radius 1 is 0.775 bits per heavy atom. The number of hydrogen-bond acceptors (Lipinski definition) is 4. The maximum Gasteiger partial charge on any atom is 0.272 e. The van der Waals surface area contributed by atoms with Gasteiger partial charge in [-0.25, -0.2) is 0 Å². The van der Waals surface area contributed by atoms with Crippen molar-refractivity contribution in [3.05, 3.63) is 131 Å². The average molecular weight is 550 g/mol. The molecule has 0 aliphatic heterocycles. The Balaban J connectivity index is 1.43. The van der Waals surface area contributed by atoms with Crippen molar-refractivity contribution in [2.75, 3.05) is 10.6 Å². The van der Waals surface area contributed by atoms with E-state index in [-0.39, 0.29) is 22.8 Å². The van der Waals surface area contributed by atoms with Crippen LogP contribution in [0.25, 0.3) is 6.08 Å². The van der Waals surface area contributed by atoms with Gasteiger partial charge in [0.1, 0.15) is 5.70 Å². The molecule has 0 saturated carbocycles. The minimum atomic E-state index is -0.447. The van der Waals surface area contributed by atoms with Gasteiger partial charge in [-0.3, -0.25) is 14.4 Å². The molecule has 0 fully saturated rings. The molecule has 4 aromatic rings. The van der Waals surface area contributed by atoms with Gasteiger partial charge in [0.15, 0.2) is 0 Å². The fourth-order valence-electron chi connectivity index (χ4n) is 3.89. The van der Waals surface area contributed by atoms with Crippen LogP contribution < -0.4 is 16.0 Å². The summed E-state index contributed by atoms with van der Waals surface area (Å²) >= 11 is 1.43. The Labute approximate surface area is 238 Å². The molecule has 0 bridgehead atoms. The van der Waals surface area contributed by atoms with E-state index in [1.807, 2.05) is 87.5 Å². The molecule has 40 heavy (non-hydrogen) atoms. The highest BCUT2D eigenvalue weighted by atomic mass is 32.2. The lowest BCUT2D eigenvalue weighted by molar-refractivity contribution is -0.115. The molecule has 0 heterocycles. The number of para-hydroxylation sites is 1. The lowest BCUT2D eigenvalue weighted by Gasteiger charge is -2.14. The minimum Gasteiger partial charge on any atom is -0.325 e. The van der Waals surface area contributed by atoms with E-state index in [2.05, 4.69) is 16.0 Å². The lowest BCUT2D eigenvalue weighted by Crippen LogP contribution is -2.30. The van der Waals surface area contributed by atoms with Crippen LogP contribution in [0.3, 0.4) is 0 Å². The van der Waals surface area contributed by atoms with Gasteiger partial charge in [0, 0.05) is 21.8 Å². The fourth-order valence-corrected chi connectivity index (χ4v) is 4.76. The highest BCUT2D eigenvalue weighted by molar-refractivity contribution is 8.00. The summed E-state index contributed by atoms with van der Waals surface area (Å²) in [7, 11) is 0. The number of hydrogen-bond donors (Lipinski definition) is 3. The average Bonchev–Trinajstić information content (AvgIpc) is 2.95. The number of aryl methyl sites for hydroxylation is 2. The molecule has 1 unspecified atom stereocenters. The first-order valence-electron chi connectivity index (χ1n) is 12.9. The zero-order chi connectivity index (χ0) is 28.5. The van der Waals surface area contributed by atoms with Crippen LogP contribution in [0.4, 0.5) is 11.4 Å². The lowest BCUT2D eigenvalue weighted by atomic mass is 10.1. The van der Waals surface area contributed by atoms with E-state index < -0.39 is 5.91 Å². The molecule has 0 radical (unpaired) electrons. The van der Waals surface area contributed by atoms with E-state index >= 15 is 0 Å². The molecule has 4 rings (SSSR count). The maximum absolute atomic E-state index is 13.3. The van der Waals surface area contributed by atoms with Crippen LogP contribution in [0.1, 0.15) is 34.0 Å². The predicted molar refractivity (Wildman–Crippen MR) is 163 cm³/mol. The van der Waals surface area contributed by atoms with E-state index in [1.165, 1.54) is 11.8 Å². The summed E-state index contributed by atoms with van der Waals surface area (Å²) in [5, 5.41) is 8.27. The van der Waals surface area contributed by atoms with Crippen molar-refractivity contribution in [3.63, 3.8) is 0 Å². The third-order valence-corrected chi connectivity index (χ3v) is 7.19. The molecule has 0 aliphatic carbocycles. The Hall–Kier alpha value is -4.62. The van der Waals surface area contributed by atoms with Gasteiger partial charge in [-0.2, -0.15) is 0 Å². The summed E-state index contributed by atoms with van der Waals surface area (Å²) in [5.41, 5.74) is 4.78. The number of amides is 3. The van der Waals surface area contributed by atoms with Crippen molar-refractivity contribution >= 4 is 46.9 Å². The molecule has 0 saturated heterocycles. The number of carbonyl (C=O) groups excluding carboxylic acids is 3. The highest BCUT2D eigenvalue weighted by Gasteiger charge is 2.17. The van der Waals surface area contributed by atoms with Gasteiger partial charge in [-0.05, 0) is 80.4 Å². The zero-order valence-corrected chi connectivity index (χ0v) is 23.4. The normalized spacial score (nSPS) is 11.8. The number of carbonyl (C=O) groups is 3. The first-order valence-corrected chi connectivity index (χ1v) is 13.8. The second-order valence-electron chi connectivity index (χ2n) is 9.34. The van der Waals surface area contributed by atoms with E-state index in [1.54, 1.807) is 42.5 Å². The Morgan fingerprint density at radius 3 is 2.17 bits per heavy atom. The standard InChI is InChI=1S/C33H31N3O3S/c1-22-10-9-12-25(20-22)21-30(36-32(38)26-13-5-4-6-14-26)33(39)34-27-16-18-28(19-17-27)40-24(3)31(37)35-29-15-8-7-11-23(29)2/h4-21,24H,1-3H3,(H,34,39)(H,35,37)(H,36,38)/b30-21-. The number of anilines is 2. The molecule has 202 valence electrons. The van der Waals surface area contributed by atoms with Crippen LogP contribution in [0.15, 0.2) is 114 Å². The molecule has 0 aliphatic rings. The van der Waals surface area contributed by atoms with Crippen LogP contribution in [-0.4, -0.2) is 23.0 Å². The van der Waals surface area contributed by atoms with Gasteiger partial charge in [-0.1, -0.05) is 66.2 Å². The van der Waals surface area contributed by atoms with Crippen molar-refractivity contribution in [3.8, 4) is 0 Å². The number of benzene rings is 4. The number of nitrogens with one attached hydrogen (secondary N) is 3. The second kappa shape index (κ2) is 13.4.